The van der Waals surface area contributed by atoms with E-state index in [9.17, 15) is 9.59 Å². The van der Waals surface area contributed by atoms with E-state index in [-0.39, 0.29) is 18.6 Å². The smallest absolute Gasteiger partial charge is 0.338 e. The molecule has 2 rings (SSSR count). The number of esters is 1. The molecule has 1 aliphatic rings. The van der Waals surface area contributed by atoms with Crippen molar-refractivity contribution in [2.24, 2.45) is 5.92 Å². The molecule has 1 amide bonds. The van der Waals surface area contributed by atoms with E-state index in [1.54, 1.807) is 6.92 Å². The lowest BCUT2D eigenvalue weighted by Crippen LogP contribution is -2.34. The third kappa shape index (κ3) is 4.31. The molecular weight excluding hydrogens is 282 g/mol. The molecule has 5 nitrogen and oxygen atoms in total. The zero-order valence-electron chi connectivity index (χ0n) is 13.2. The van der Waals surface area contributed by atoms with Crippen LogP contribution in [0.2, 0.25) is 0 Å². The number of carbonyl (C=O) groups excluding carboxylic acids is 2. The molecule has 0 spiro atoms. The summed E-state index contributed by atoms with van der Waals surface area (Å²) in [4.78, 5) is 23.8. The topological polar surface area (TPSA) is 67.9 Å². The number of epoxide rings is 1. The largest absolute Gasteiger partial charge is 0.464 e. The monoisotopic (exact) mass is 305 g/mol. The molecule has 1 aromatic rings. The maximum Gasteiger partial charge on any atom is 0.338 e. The van der Waals surface area contributed by atoms with E-state index >= 15 is 0 Å². The van der Waals surface area contributed by atoms with Crippen LogP contribution < -0.4 is 5.32 Å². The van der Waals surface area contributed by atoms with Gasteiger partial charge in [-0.15, -0.1) is 0 Å². The Labute approximate surface area is 131 Å². The quantitative estimate of drug-likeness (QED) is 0.619. The Kier molecular flexibility index (Phi) is 5.55. The van der Waals surface area contributed by atoms with Crippen molar-refractivity contribution in [2.75, 3.05) is 6.61 Å². The lowest BCUT2D eigenvalue weighted by atomic mass is 9.97. The van der Waals surface area contributed by atoms with Gasteiger partial charge in [0.1, 0.15) is 0 Å². The number of hydrogen-bond donors (Lipinski definition) is 1. The molecule has 1 fully saturated rings. The zero-order valence-corrected chi connectivity index (χ0v) is 13.2. The van der Waals surface area contributed by atoms with Crippen LogP contribution in [0.1, 0.15) is 38.8 Å². The third-order valence-electron chi connectivity index (χ3n) is 3.49. The Hall–Kier alpha value is -1.88. The Bertz CT molecular complexity index is 515. The predicted molar refractivity (Wildman–Crippen MR) is 82.1 cm³/mol. The number of ether oxygens (including phenoxy) is 2. The van der Waals surface area contributed by atoms with Gasteiger partial charge >= 0.3 is 5.97 Å². The molecule has 22 heavy (non-hydrogen) atoms. The summed E-state index contributed by atoms with van der Waals surface area (Å²) in [5.74, 6) is -0.290. The lowest BCUT2D eigenvalue weighted by molar-refractivity contribution is -0.144. The van der Waals surface area contributed by atoms with Gasteiger partial charge < -0.3 is 14.8 Å². The van der Waals surface area contributed by atoms with Gasteiger partial charge in [0.05, 0.1) is 12.6 Å². The van der Waals surface area contributed by atoms with Crippen molar-refractivity contribution in [1.29, 1.82) is 0 Å². The number of carbonyl (C=O) groups is 2. The van der Waals surface area contributed by atoms with Crippen molar-refractivity contribution in [1.82, 2.24) is 5.32 Å². The highest BCUT2D eigenvalue weighted by Crippen LogP contribution is 2.27. The van der Waals surface area contributed by atoms with Crippen molar-refractivity contribution in [3.05, 3.63) is 35.9 Å². The molecular formula is C17H23NO4. The summed E-state index contributed by atoms with van der Waals surface area (Å²) < 4.78 is 10.0. The minimum atomic E-state index is -0.754. The lowest BCUT2D eigenvalue weighted by Gasteiger charge is -2.20. The van der Waals surface area contributed by atoms with Crippen LogP contribution in [0.15, 0.2) is 30.3 Å². The van der Waals surface area contributed by atoms with E-state index in [2.05, 4.69) is 19.2 Å². The maximum absolute atomic E-state index is 12.2. The first-order chi connectivity index (χ1) is 10.5. The van der Waals surface area contributed by atoms with Crippen molar-refractivity contribution < 1.29 is 19.1 Å². The molecule has 5 heteroatoms. The third-order valence-corrected chi connectivity index (χ3v) is 3.49. The number of rotatable bonds is 7. The molecule has 0 aliphatic carbocycles. The summed E-state index contributed by atoms with van der Waals surface area (Å²) in [5.41, 5.74) is 1.05. The first-order valence-corrected chi connectivity index (χ1v) is 7.70. The van der Waals surface area contributed by atoms with Gasteiger partial charge in [-0.25, -0.2) is 4.79 Å². The van der Waals surface area contributed by atoms with Crippen LogP contribution in [0.4, 0.5) is 0 Å². The van der Waals surface area contributed by atoms with Gasteiger partial charge in [0, 0.05) is 0 Å². The molecule has 0 bridgehead atoms. The molecule has 1 aliphatic heterocycles. The van der Waals surface area contributed by atoms with E-state index in [0.717, 1.165) is 12.0 Å². The van der Waals surface area contributed by atoms with Crippen molar-refractivity contribution >= 4 is 11.9 Å². The molecule has 1 unspecified atom stereocenters. The second kappa shape index (κ2) is 7.40. The van der Waals surface area contributed by atoms with Crippen LogP contribution >= 0.6 is 0 Å². The second-order valence-corrected chi connectivity index (χ2v) is 5.83. The van der Waals surface area contributed by atoms with E-state index in [4.69, 9.17) is 9.47 Å². The van der Waals surface area contributed by atoms with Crippen LogP contribution in [0.5, 0.6) is 0 Å². The van der Waals surface area contributed by atoms with Crippen LogP contribution in [-0.4, -0.2) is 30.7 Å². The van der Waals surface area contributed by atoms with E-state index < -0.39 is 18.2 Å². The first-order valence-electron chi connectivity index (χ1n) is 7.70. The van der Waals surface area contributed by atoms with Gasteiger partial charge in [0.2, 0.25) is 0 Å². The number of amides is 1. The SMILES string of the molecule is CCOC(=O)[C@@H]1O[C@H]1C(=O)NC(CC(C)C)c1ccccc1. The van der Waals surface area contributed by atoms with Gasteiger partial charge in [-0.3, -0.25) is 4.79 Å². The minimum absolute atomic E-state index is 0.0826. The molecule has 0 radical (unpaired) electrons. The summed E-state index contributed by atoms with van der Waals surface area (Å²) >= 11 is 0. The molecule has 120 valence electrons. The Balaban J connectivity index is 1.97. The van der Waals surface area contributed by atoms with Gasteiger partial charge in [-0.1, -0.05) is 44.2 Å². The van der Waals surface area contributed by atoms with E-state index in [1.807, 2.05) is 30.3 Å². The van der Waals surface area contributed by atoms with Gasteiger partial charge in [0.15, 0.2) is 12.2 Å². The summed E-state index contributed by atoms with van der Waals surface area (Å²) in [6.45, 7) is 6.23. The number of hydrogen-bond acceptors (Lipinski definition) is 4. The summed E-state index contributed by atoms with van der Waals surface area (Å²) in [5, 5.41) is 2.98. The van der Waals surface area contributed by atoms with Crippen LogP contribution in [0, 0.1) is 5.92 Å². The van der Waals surface area contributed by atoms with Crippen LogP contribution in [0.25, 0.3) is 0 Å². The average molecular weight is 305 g/mol. The van der Waals surface area contributed by atoms with Crippen molar-refractivity contribution in [2.45, 2.75) is 45.4 Å². The fourth-order valence-corrected chi connectivity index (χ4v) is 2.40. The Morgan fingerprint density at radius 3 is 2.50 bits per heavy atom. The van der Waals surface area contributed by atoms with Gasteiger partial charge in [0.25, 0.3) is 5.91 Å². The van der Waals surface area contributed by atoms with Crippen LogP contribution in [-0.2, 0) is 19.1 Å². The van der Waals surface area contributed by atoms with E-state index in [1.165, 1.54) is 0 Å². The normalized spacial score (nSPS) is 21.3. The second-order valence-electron chi connectivity index (χ2n) is 5.83. The number of benzene rings is 1. The summed E-state index contributed by atoms with van der Waals surface area (Å²) in [6, 6.07) is 9.74. The molecule has 1 N–H and O–H groups in total. The molecule has 1 saturated heterocycles. The molecule has 1 aromatic carbocycles. The zero-order chi connectivity index (χ0) is 16.1. The summed E-state index contributed by atoms with van der Waals surface area (Å²) in [7, 11) is 0. The molecule has 0 aromatic heterocycles. The van der Waals surface area contributed by atoms with E-state index in [0.29, 0.717) is 5.92 Å². The van der Waals surface area contributed by atoms with Crippen molar-refractivity contribution in [3.63, 3.8) is 0 Å². The summed E-state index contributed by atoms with van der Waals surface area (Å²) in [6.07, 6.45) is -0.653. The molecule has 0 saturated carbocycles. The first kappa shape index (κ1) is 16.5. The fraction of sp³-hybridized carbons (Fsp3) is 0.529. The minimum Gasteiger partial charge on any atom is -0.464 e. The molecule has 1 heterocycles. The van der Waals surface area contributed by atoms with Gasteiger partial charge in [-0.2, -0.15) is 0 Å². The highest BCUT2D eigenvalue weighted by molar-refractivity contribution is 5.92. The maximum atomic E-state index is 12.2. The number of nitrogens with one attached hydrogen (secondary N) is 1. The highest BCUT2D eigenvalue weighted by atomic mass is 16.6. The van der Waals surface area contributed by atoms with Gasteiger partial charge in [-0.05, 0) is 24.8 Å². The standard InChI is InChI=1S/C17H23NO4/c1-4-21-17(20)15-14(22-15)16(19)18-13(10-11(2)3)12-8-6-5-7-9-12/h5-9,11,13-15H,4,10H2,1-3H3,(H,18,19)/t13?,14-,15-/m1/s1. The Morgan fingerprint density at radius 1 is 1.23 bits per heavy atom. The fourth-order valence-electron chi connectivity index (χ4n) is 2.40. The molecule has 3 atom stereocenters. The highest BCUT2D eigenvalue weighted by Gasteiger charge is 2.51. The predicted octanol–water partition coefficient (Wildman–Crippen LogP) is 2.22. The average Bonchev–Trinajstić information content (AvgIpc) is 3.28. The van der Waals surface area contributed by atoms with Crippen molar-refractivity contribution in [3.8, 4) is 0 Å². The van der Waals surface area contributed by atoms with Crippen LogP contribution in [0.3, 0.4) is 0 Å². The Morgan fingerprint density at radius 2 is 1.91 bits per heavy atom.